The Bertz CT molecular complexity index is 582. The predicted molar refractivity (Wildman–Crippen MR) is 79.2 cm³/mol. The molecule has 2 amide bonds. The first-order valence-corrected chi connectivity index (χ1v) is 6.94. The fourth-order valence-electron chi connectivity index (χ4n) is 2.80. The third-order valence-corrected chi connectivity index (χ3v) is 3.91. The number of fused-ring (bicyclic) bond motifs is 1. The van der Waals surface area contributed by atoms with Crippen LogP contribution in [0.25, 0.3) is 6.08 Å². The summed E-state index contributed by atoms with van der Waals surface area (Å²) >= 11 is 0. The molecule has 110 valence electrons. The van der Waals surface area contributed by atoms with Crippen LogP contribution in [-0.4, -0.2) is 54.2 Å². The molecule has 2 N–H and O–H groups in total. The minimum Gasteiger partial charge on any atom is -0.478 e. The molecule has 0 aromatic heterocycles. The Morgan fingerprint density at radius 3 is 2.76 bits per heavy atom. The third kappa shape index (κ3) is 2.84. The molecule has 2 aliphatic heterocycles. The van der Waals surface area contributed by atoms with Crippen LogP contribution in [0.4, 0.5) is 10.5 Å². The zero-order valence-corrected chi connectivity index (χ0v) is 11.5. The van der Waals surface area contributed by atoms with E-state index in [1.807, 2.05) is 29.2 Å². The van der Waals surface area contributed by atoms with Gasteiger partial charge in [0.2, 0.25) is 0 Å². The number of piperazine rings is 1. The number of benzene rings is 1. The number of carbonyl (C=O) groups is 2. The fraction of sp³-hybridized carbons (Fsp3) is 0.333. The molecular formula is C15H17N3O3. The summed E-state index contributed by atoms with van der Waals surface area (Å²) in [6, 6.07) is 8.05. The van der Waals surface area contributed by atoms with E-state index in [0.717, 1.165) is 37.0 Å². The monoisotopic (exact) mass is 287 g/mol. The number of urea groups is 1. The fourth-order valence-corrected chi connectivity index (χ4v) is 2.80. The maximum absolute atomic E-state index is 11.6. The van der Waals surface area contributed by atoms with E-state index in [-0.39, 0.29) is 12.1 Å². The number of aliphatic carboxylic acids is 1. The van der Waals surface area contributed by atoms with Crippen molar-refractivity contribution in [1.29, 1.82) is 0 Å². The van der Waals surface area contributed by atoms with Gasteiger partial charge < -0.3 is 20.2 Å². The molecule has 0 radical (unpaired) electrons. The van der Waals surface area contributed by atoms with Crippen LogP contribution in [-0.2, 0) is 4.79 Å². The number of anilines is 1. The van der Waals surface area contributed by atoms with Gasteiger partial charge in [0.25, 0.3) is 0 Å². The lowest BCUT2D eigenvalue weighted by Gasteiger charge is -2.37. The van der Waals surface area contributed by atoms with E-state index >= 15 is 0 Å². The van der Waals surface area contributed by atoms with Gasteiger partial charge >= 0.3 is 12.0 Å². The topological polar surface area (TPSA) is 72.9 Å². The van der Waals surface area contributed by atoms with Crippen molar-refractivity contribution < 1.29 is 14.7 Å². The zero-order chi connectivity index (χ0) is 14.8. The van der Waals surface area contributed by atoms with Gasteiger partial charge in [-0.15, -0.1) is 0 Å². The Balaban J connectivity index is 1.67. The SMILES string of the molecule is O=C(O)C=Cc1ccc(N2CCN3C(=O)NCC3C2)cc1. The van der Waals surface area contributed by atoms with Crippen molar-refractivity contribution in [3.8, 4) is 0 Å². The number of carboxylic acids is 1. The van der Waals surface area contributed by atoms with Gasteiger partial charge in [-0.05, 0) is 23.8 Å². The first-order valence-electron chi connectivity index (χ1n) is 6.94. The first-order chi connectivity index (χ1) is 10.1. The lowest BCUT2D eigenvalue weighted by molar-refractivity contribution is -0.131. The number of carbonyl (C=O) groups excluding carboxylic acids is 1. The summed E-state index contributed by atoms with van der Waals surface area (Å²) in [6.07, 6.45) is 2.70. The Morgan fingerprint density at radius 1 is 1.29 bits per heavy atom. The van der Waals surface area contributed by atoms with Gasteiger partial charge in [-0.25, -0.2) is 9.59 Å². The third-order valence-electron chi connectivity index (χ3n) is 3.91. The van der Waals surface area contributed by atoms with Crippen molar-refractivity contribution in [2.24, 2.45) is 0 Å². The molecule has 0 saturated carbocycles. The highest BCUT2D eigenvalue weighted by Gasteiger charge is 2.35. The molecule has 2 fully saturated rings. The van der Waals surface area contributed by atoms with Gasteiger partial charge in [0.15, 0.2) is 0 Å². The summed E-state index contributed by atoms with van der Waals surface area (Å²) in [5, 5.41) is 11.5. The van der Waals surface area contributed by atoms with Crippen molar-refractivity contribution in [2.45, 2.75) is 6.04 Å². The highest BCUT2D eigenvalue weighted by atomic mass is 16.4. The molecule has 2 aliphatic rings. The second-order valence-electron chi connectivity index (χ2n) is 5.24. The van der Waals surface area contributed by atoms with Crippen molar-refractivity contribution in [1.82, 2.24) is 10.2 Å². The normalized spacial score (nSPS) is 21.5. The summed E-state index contributed by atoms with van der Waals surface area (Å²) in [6.45, 7) is 3.07. The molecule has 1 atom stereocenters. The van der Waals surface area contributed by atoms with Crippen molar-refractivity contribution >= 4 is 23.8 Å². The van der Waals surface area contributed by atoms with Gasteiger partial charge in [0.1, 0.15) is 0 Å². The second kappa shape index (κ2) is 5.47. The van der Waals surface area contributed by atoms with E-state index in [2.05, 4.69) is 10.2 Å². The quantitative estimate of drug-likeness (QED) is 0.813. The van der Waals surface area contributed by atoms with Crippen LogP contribution < -0.4 is 10.2 Å². The number of nitrogens with zero attached hydrogens (tertiary/aromatic N) is 2. The Hall–Kier alpha value is -2.50. The lowest BCUT2D eigenvalue weighted by atomic mass is 10.1. The molecule has 0 bridgehead atoms. The minimum absolute atomic E-state index is 0.0359. The van der Waals surface area contributed by atoms with Crippen LogP contribution in [0, 0.1) is 0 Å². The van der Waals surface area contributed by atoms with Gasteiger partial charge in [-0.1, -0.05) is 12.1 Å². The molecule has 0 spiro atoms. The predicted octanol–water partition coefficient (Wildman–Crippen LogP) is 0.998. The second-order valence-corrected chi connectivity index (χ2v) is 5.24. The number of rotatable bonds is 3. The summed E-state index contributed by atoms with van der Waals surface area (Å²) in [5.74, 6) is -0.950. The van der Waals surface area contributed by atoms with Crippen LogP contribution in [0.3, 0.4) is 0 Å². The molecule has 1 aromatic carbocycles. The Morgan fingerprint density at radius 2 is 2.05 bits per heavy atom. The number of hydrogen-bond acceptors (Lipinski definition) is 3. The summed E-state index contributed by atoms with van der Waals surface area (Å²) < 4.78 is 0. The molecule has 0 aliphatic carbocycles. The van der Waals surface area contributed by atoms with Crippen molar-refractivity contribution in [3.63, 3.8) is 0 Å². The van der Waals surface area contributed by atoms with Crippen molar-refractivity contribution in [2.75, 3.05) is 31.1 Å². The van der Waals surface area contributed by atoms with Crippen LogP contribution in [0.2, 0.25) is 0 Å². The largest absolute Gasteiger partial charge is 0.478 e. The lowest BCUT2D eigenvalue weighted by Crippen LogP contribution is -2.52. The molecule has 1 unspecified atom stereocenters. The molecule has 6 nitrogen and oxygen atoms in total. The van der Waals surface area contributed by atoms with E-state index in [1.165, 1.54) is 0 Å². The number of hydrogen-bond donors (Lipinski definition) is 2. The van der Waals surface area contributed by atoms with Crippen molar-refractivity contribution in [3.05, 3.63) is 35.9 Å². The van der Waals surface area contributed by atoms with E-state index in [1.54, 1.807) is 6.08 Å². The average molecular weight is 287 g/mol. The first kappa shape index (κ1) is 13.5. The van der Waals surface area contributed by atoms with E-state index in [9.17, 15) is 9.59 Å². The molecule has 6 heteroatoms. The minimum atomic E-state index is -0.950. The van der Waals surface area contributed by atoms with E-state index in [0.29, 0.717) is 6.54 Å². The van der Waals surface area contributed by atoms with Crippen LogP contribution in [0.5, 0.6) is 0 Å². The molecule has 2 saturated heterocycles. The highest BCUT2D eigenvalue weighted by Crippen LogP contribution is 2.22. The van der Waals surface area contributed by atoms with Crippen LogP contribution >= 0.6 is 0 Å². The number of amides is 2. The maximum Gasteiger partial charge on any atom is 0.328 e. The van der Waals surface area contributed by atoms with Gasteiger partial charge in [0, 0.05) is 37.9 Å². The Labute approximate surface area is 122 Å². The Kier molecular flexibility index (Phi) is 3.51. The van der Waals surface area contributed by atoms with Gasteiger partial charge in [-0.3, -0.25) is 0 Å². The smallest absolute Gasteiger partial charge is 0.328 e. The number of carboxylic acid groups (broad SMARTS) is 1. The standard InChI is InChI=1S/C15H17N3O3/c19-14(20)6-3-11-1-4-12(5-2-11)17-7-8-18-13(10-17)9-16-15(18)21/h1-6,13H,7-10H2,(H,16,21)(H,19,20). The van der Waals surface area contributed by atoms with E-state index < -0.39 is 5.97 Å². The molecule has 21 heavy (non-hydrogen) atoms. The van der Waals surface area contributed by atoms with Crippen LogP contribution in [0.15, 0.2) is 30.3 Å². The summed E-state index contributed by atoms with van der Waals surface area (Å²) in [5.41, 5.74) is 1.96. The summed E-state index contributed by atoms with van der Waals surface area (Å²) in [4.78, 5) is 26.2. The van der Waals surface area contributed by atoms with Gasteiger partial charge in [0.05, 0.1) is 6.04 Å². The molecule has 1 aromatic rings. The average Bonchev–Trinajstić information content (AvgIpc) is 2.86. The molecule has 3 rings (SSSR count). The molecular weight excluding hydrogens is 270 g/mol. The van der Waals surface area contributed by atoms with Crippen LogP contribution in [0.1, 0.15) is 5.56 Å². The van der Waals surface area contributed by atoms with E-state index in [4.69, 9.17) is 5.11 Å². The zero-order valence-electron chi connectivity index (χ0n) is 11.5. The van der Waals surface area contributed by atoms with Gasteiger partial charge in [-0.2, -0.15) is 0 Å². The number of nitrogens with one attached hydrogen (secondary N) is 1. The maximum atomic E-state index is 11.6. The summed E-state index contributed by atoms with van der Waals surface area (Å²) in [7, 11) is 0. The highest BCUT2D eigenvalue weighted by molar-refractivity contribution is 5.85. The molecule has 2 heterocycles.